The molecule has 1 unspecified atom stereocenters. The number of fused-ring (bicyclic) bond motifs is 1. The Morgan fingerprint density at radius 3 is 2.43 bits per heavy atom. The van der Waals surface area contributed by atoms with Crippen molar-refractivity contribution in [2.75, 3.05) is 27.9 Å². The molecule has 0 radical (unpaired) electrons. The number of nitrogens with zero attached hydrogens (tertiary/aromatic N) is 2. The summed E-state index contributed by atoms with van der Waals surface area (Å²) in [6.07, 6.45) is 1.52. The highest BCUT2D eigenvalue weighted by molar-refractivity contribution is 6.04. The highest BCUT2D eigenvalue weighted by Gasteiger charge is 2.32. The van der Waals surface area contributed by atoms with Crippen molar-refractivity contribution in [2.24, 2.45) is 5.10 Å². The second kappa shape index (κ2) is 8.45. The number of aldehydes is 1. The van der Waals surface area contributed by atoms with Gasteiger partial charge in [-0.2, -0.15) is 5.10 Å². The fourth-order valence-corrected chi connectivity index (χ4v) is 4.00. The summed E-state index contributed by atoms with van der Waals surface area (Å²) in [5.74, 6) is 1.71. The van der Waals surface area contributed by atoms with Crippen LogP contribution in [0, 0.1) is 0 Å². The molecule has 0 fully saturated rings. The van der Waals surface area contributed by atoms with Gasteiger partial charge in [-0.1, -0.05) is 36.4 Å². The molecule has 0 aromatic heterocycles. The van der Waals surface area contributed by atoms with E-state index in [-0.39, 0.29) is 12.6 Å². The molecule has 30 heavy (non-hydrogen) atoms. The number of rotatable bonds is 7. The molecule has 1 aliphatic rings. The summed E-state index contributed by atoms with van der Waals surface area (Å²) >= 11 is 0. The van der Waals surface area contributed by atoms with Gasteiger partial charge < -0.3 is 19.0 Å². The number of hydrogen-bond donors (Lipinski definition) is 0. The molecule has 0 saturated heterocycles. The summed E-state index contributed by atoms with van der Waals surface area (Å²) in [7, 11) is 4.77. The van der Waals surface area contributed by atoms with E-state index >= 15 is 0 Å². The molecule has 0 amide bonds. The molecule has 1 aliphatic heterocycles. The molecule has 3 aromatic carbocycles. The monoisotopic (exact) mass is 404 g/mol. The Morgan fingerprint density at radius 1 is 0.967 bits per heavy atom. The van der Waals surface area contributed by atoms with Gasteiger partial charge in [0.25, 0.3) is 0 Å². The van der Waals surface area contributed by atoms with E-state index in [0.29, 0.717) is 23.7 Å². The van der Waals surface area contributed by atoms with Gasteiger partial charge in [0.05, 0.1) is 39.6 Å². The topological polar surface area (TPSA) is 60.4 Å². The van der Waals surface area contributed by atoms with Crippen LogP contribution >= 0.6 is 0 Å². The molecule has 0 bridgehead atoms. The molecule has 0 spiro atoms. The van der Waals surface area contributed by atoms with Gasteiger partial charge in [0.15, 0.2) is 11.5 Å². The van der Waals surface area contributed by atoms with Gasteiger partial charge in [-0.05, 0) is 34.5 Å². The van der Waals surface area contributed by atoms with Gasteiger partial charge in [0, 0.05) is 12.0 Å². The van der Waals surface area contributed by atoms with Crippen LogP contribution in [0.15, 0.2) is 59.7 Å². The average molecular weight is 404 g/mol. The molecule has 0 N–H and O–H groups in total. The highest BCUT2D eigenvalue weighted by Crippen LogP contribution is 2.45. The van der Waals surface area contributed by atoms with Crippen molar-refractivity contribution >= 4 is 22.8 Å². The smallest absolute Gasteiger partial charge is 0.203 e. The van der Waals surface area contributed by atoms with Crippen molar-refractivity contribution in [3.63, 3.8) is 0 Å². The minimum atomic E-state index is -0.147. The lowest BCUT2D eigenvalue weighted by atomic mass is 9.96. The van der Waals surface area contributed by atoms with Crippen LogP contribution in [0.25, 0.3) is 10.8 Å². The Labute approximate surface area is 175 Å². The van der Waals surface area contributed by atoms with Crippen molar-refractivity contribution in [3.05, 3.63) is 65.7 Å². The van der Waals surface area contributed by atoms with E-state index in [9.17, 15) is 4.79 Å². The normalized spacial score (nSPS) is 15.8. The third-order valence-electron chi connectivity index (χ3n) is 5.43. The fraction of sp³-hybridized carbons (Fsp3) is 0.250. The van der Waals surface area contributed by atoms with Crippen LogP contribution in [-0.2, 0) is 4.79 Å². The van der Waals surface area contributed by atoms with E-state index in [1.165, 1.54) is 5.39 Å². The van der Waals surface area contributed by atoms with Crippen molar-refractivity contribution in [1.82, 2.24) is 5.01 Å². The number of benzene rings is 3. The van der Waals surface area contributed by atoms with Crippen molar-refractivity contribution in [3.8, 4) is 17.2 Å². The van der Waals surface area contributed by atoms with Gasteiger partial charge in [0.2, 0.25) is 5.75 Å². The predicted octanol–water partition coefficient (Wildman–Crippen LogP) is 4.22. The van der Waals surface area contributed by atoms with Gasteiger partial charge in [-0.25, -0.2) is 0 Å². The lowest BCUT2D eigenvalue weighted by Gasteiger charge is -2.25. The SMILES string of the molecule is COc1ccc(C2CC(c3ccc4ccccc4c3)=NN2CC=O)c(OC)c1OC. The van der Waals surface area contributed by atoms with E-state index in [2.05, 4.69) is 30.3 Å². The number of hydrogen-bond acceptors (Lipinski definition) is 6. The van der Waals surface area contributed by atoms with Crippen LogP contribution in [-0.4, -0.2) is 44.9 Å². The second-order valence-electron chi connectivity index (χ2n) is 7.04. The quantitative estimate of drug-likeness (QED) is 0.552. The molecule has 3 aromatic rings. The molecule has 154 valence electrons. The van der Waals surface area contributed by atoms with E-state index in [1.54, 1.807) is 26.3 Å². The standard InChI is InChI=1S/C24H24N2O4/c1-28-22-11-10-19(23(29-2)24(22)30-3)21-15-20(25-26(21)12-13-27)18-9-8-16-6-4-5-7-17(16)14-18/h4-11,13-14,21H,12,15H2,1-3H3. The summed E-state index contributed by atoms with van der Waals surface area (Å²) in [5, 5.41) is 8.93. The summed E-state index contributed by atoms with van der Waals surface area (Å²) in [5.41, 5.74) is 2.88. The first-order valence-corrected chi connectivity index (χ1v) is 9.76. The van der Waals surface area contributed by atoms with Crippen LogP contribution < -0.4 is 14.2 Å². The minimum absolute atomic E-state index is 0.147. The van der Waals surface area contributed by atoms with Crippen molar-refractivity contribution in [2.45, 2.75) is 12.5 Å². The Bertz CT molecular complexity index is 1110. The van der Waals surface area contributed by atoms with Gasteiger partial charge in [0.1, 0.15) is 6.29 Å². The maximum Gasteiger partial charge on any atom is 0.203 e. The number of ether oxygens (including phenoxy) is 3. The van der Waals surface area contributed by atoms with E-state index in [0.717, 1.165) is 28.5 Å². The first kappa shape index (κ1) is 19.8. The molecule has 4 rings (SSSR count). The van der Waals surface area contributed by atoms with Crippen molar-refractivity contribution < 1.29 is 19.0 Å². The van der Waals surface area contributed by atoms with E-state index < -0.39 is 0 Å². The maximum absolute atomic E-state index is 11.3. The maximum atomic E-state index is 11.3. The Hall–Kier alpha value is -3.54. The van der Waals surface area contributed by atoms with Crippen LogP contribution in [0.5, 0.6) is 17.2 Å². The fourth-order valence-electron chi connectivity index (χ4n) is 4.00. The summed E-state index contributed by atoms with van der Waals surface area (Å²) in [6, 6.07) is 18.2. The number of carbonyl (C=O) groups is 1. The largest absolute Gasteiger partial charge is 0.493 e. The lowest BCUT2D eigenvalue weighted by molar-refractivity contribution is -0.109. The third kappa shape index (κ3) is 3.45. The summed E-state index contributed by atoms with van der Waals surface area (Å²) < 4.78 is 16.6. The first-order chi connectivity index (χ1) is 14.7. The Morgan fingerprint density at radius 2 is 1.73 bits per heavy atom. The lowest BCUT2D eigenvalue weighted by Crippen LogP contribution is -2.22. The number of methoxy groups -OCH3 is 3. The van der Waals surface area contributed by atoms with E-state index in [4.69, 9.17) is 19.3 Å². The Kier molecular flexibility index (Phi) is 5.57. The van der Waals surface area contributed by atoms with Gasteiger partial charge in [-0.15, -0.1) is 0 Å². The number of hydrazone groups is 1. The second-order valence-corrected chi connectivity index (χ2v) is 7.04. The van der Waals surface area contributed by atoms with Crippen LogP contribution in [0.4, 0.5) is 0 Å². The zero-order valence-electron chi connectivity index (χ0n) is 17.3. The predicted molar refractivity (Wildman–Crippen MR) is 117 cm³/mol. The van der Waals surface area contributed by atoms with Crippen molar-refractivity contribution in [1.29, 1.82) is 0 Å². The molecule has 6 heteroatoms. The van der Waals surface area contributed by atoms with Gasteiger partial charge >= 0.3 is 0 Å². The molecular formula is C24H24N2O4. The minimum Gasteiger partial charge on any atom is -0.493 e. The van der Waals surface area contributed by atoms with Crippen LogP contribution in [0.2, 0.25) is 0 Å². The van der Waals surface area contributed by atoms with Gasteiger partial charge in [-0.3, -0.25) is 5.01 Å². The zero-order valence-corrected chi connectivity index (χ0v) is 17.3. The van der Waals surface area contributed by atoms with Crippen LogP contribution in [0.3, 0.4) is 0 Å². The molecule has 1 heterocycles. The average Bonchev–Trinajstić information content (AvgIpc) is 3.21. The molecular weight excluding hydrogens is 380 g/mol. The number of carbonyl (C=O) groups excluding carboxylic acids is 1. The molecule has 1 atom stereocenters. The molecule has 0 aliphatic carbocycles. The third-order valence-corrected chi connectivity index (χ3v) is 5.43. The summed E-state index contributed by atoms with van der Waals surface area (Å²) in [4.78, 5) is 11.3. The zero-order chi connectivity index (χ0) is 21.1. The first-order valence-electron chi connectivity index (χ1n) is 9.76. The Balaban J connectivity index is 1.74. The molecule has 6 nitrogen and oxygen atoms in total. The van der Waals surface area contributed by atoms with E-state index in [1.807, 2.05) is 24.3 Å². The molecule has 0 saturated carbocycles. The van der Waals surface area contributed by atoms with Crippen LogP contribution in [0.1, 0.15) is 23.6 Å². The highest BCUT2D eigenvalue weighted by atomic mass is 16.5. The summed E-state index contributed by atoms with van der Waals surface area (Å²) in [6.45, 7) is 0.194.